The molecular formula is C35H50N8O. The van der Waals surface area contributed by atoms with E-state index in [9.17, 15) is 5.26 Å². The molecular weight excluding hydrogens is 548 g/mol. The van der Waals surface area contributed by atoms with E-state index < -0.39 is 0 Å². The second-order valence-corrected chi connectivity index (χ2v) is 12.4. The molecule has 1 aromatic carbocycles. The number of amidine groups is 1. The highest BCUT2D eigenvalue weighted by molar-refractivity contribution is 6.51. The minimum Gasteiger partial charge on any atom is -0.384 e. The number of piperidine rings is 1. The highest BCUT2D eigenvalue weighted by Gasteiger charge is 2.28. The molecule has 3 N–H and O–H groups in total. The molecule has 1 aromatic rings. The number of nitrogens with one attached hydrogen (secondary N) is 1. The van der Waals surface area contributed by atoms with Crippen LogP contribution in [-0.2, 0) is 4.74 Å². The Morgan fingerprint density at radius 2 is 1.84 bits per heavy atom. The van der Waals surface area contributed by atoms with Crippen LogP contribution in [0, 0.1) is 11.3 Å². The van der Waals surface area contributed by atoms with Crippen molar-refractivity contribution in [2.45, 2.75) is 71.4 Å². The lowest BCUT2D eigenvalue weighted by atomic mass is 9.90. The lowest BCUT2D eigenvalue weighted by Crippen LogP contribution is -2.52. The second-order valence-electron chi connectivity index (χ2n) is 12.4. The van der Waals surface area contributed by atoms with Crippen LogP contribution in [0.25, 0.3) is 5.57 Å². The predicted molar refractivity (Wildman–Crippen MR) is 181 cm³/mol. The summed E-state index contributed by atoms with van der Waals surface area (Å²) in [5.41, 5.74) is 13.8. The summed E-state index contributed by atoms with van der Waals surface area (Å²) < 4.78 is 5.53. The number of nitriles is 1. The molecule has 44 heavy (non-hydrogen) atoms. The monoisotopic (exact) mass is 598 g/mol. The van der Waals surface area contributed by atoms with Crippen molar-refractivity contribution in [1.82, 2.24) is 15.1 Å². The Kier molecular flexibility index (Phi) is 10.9. The summed E-state index contributed by atoms with van der Waals surface area (Å²) in [6.07, 6.45) is 9.86. The Labute approximate surface area is 263 Å². The number of benzene rings is 1. The van der Waals surface area contributed by atoms with Gasteiger partial charge in [-0.1, -0.05) is 26.0 Å². The predicted octanol–water partition coefficient (Wildman–Crippen LogP) is 4.67. The number of rotatable bonds is 8. The number of allylic oxidation sites excluding steroid dienone is 4. The van der Waals surface area contributed by atoms with E-state index in [0.29, 0.717) is 29.2 Å². The third kappa shape index (κ3) is 7.43. The van der Waals surface area contributed by atoms with E-state index in [0.717, 1.165) is 125 Å². The molecule has 4 aliphatic rings. The standard InChI is InChI=1S/C35H50N8O/c1-5-7-30-31(24-38-35(37)34(30)40-32(6-2)25(3)39-28-12-20-44-21-13-28)26-8-9-33(27(22-26)23-36)43-14-10-29(11-15-43)42-18-16-41(4)17-19-42/h7-9,22,24,28-29,39H,5-6,10-21H2,1-4H3,(H2,37,38)/b30-7+,32-25+,40-34+. The van der Waals surface area contributed by atoms with Crippen LogP contribution in [0.2, 0.25) is 0 Å². The summed E-state index contributed by atoms with van der Waals surface area (Å²) in [7, 11) is 2.21. The van der Waals surface area contributed by atoms with E-state index in [4.69, 9.17) is 15.5 Å². The van der Waals surface area contributed by atoms with Crippen LogP contribution in [0.5, 0.6) is 0 Å². The van der Waals surface area contributed by atoms with Crippen LogP contribution in [0.3, 0.4) is 0 Å². The molecule has 236 valence electrons. The lowest BCUT2D eigenvalue weighted by Gasteiger charge is -2.42. The van der Waals surface area contributed by atoms with Crippen molar-refractivity contribution < 1.29 is 4.74 Å². The second kappa shape index (κ2) is 15.0. The number of piperazine rings is 1. The van der Waals surface area contributed by atoms with Gasteiger partial charge in [0, 0.05) is 87.6 Å². The first-order valence-corrected chi connectivity index (χ1v) is 16.5. The fourth-order valence-corrected chi connectivity index (χ4v) is 6.81. The minimum absolute atomic E-state index is 0.393. The maximum Gasteiger partial charge on any atom is 0.149 e. The van der Waals surface area contributed by atoms with E-state index in [2.05, 4.69) is 77.1 Å². The van der Waals surface area contributed by atoms with Crippen LogP contribution < -0.4 is 16.0 Å². The van der Waals surface area contributed by atoms with E-state index in [1.807, 2.05) is 12.3 Å². The number of hydrogen-bond acceptors (Lipinski definition) is 9. The normalized spacial score (nSPS) is 23.8. The number of aliphatic imine (C=N–C) groups is 2. The first kappa shape index (κ1) is 32.0. The van der Waals surface area contributed by atoms with E-state index in [-0.39, 0.29) is 0 Å². The number of nitrogens with zero attached hydrogens (tertiary/aromatic N) is 6. The first-order valence-electron chi connectivity index (χ1n) is 16.5. The molecule has 9 heteroatoms. The third-order valence-electron chi connectivity index (χ3n) is 9.47. The molecule has 3 fully saturated rings. The van der Waals surface area contributed by atoms with Gasteiger partial charge in [-0.3, -0.25) is 4.90 Å². The highest BCUT2D eigenvalue weighted by Crippen LogP contribution is 2.33. The largest absolute Gasteiger partial charge is 0.384 e. The highest BCUT2D eigenvalue weighted by atomic mass is 16.5. The molecule has 0 aromatic heterocycles. The van der Waals surface area contributed by atoms with Crippen molar-refractivity contribution in [1.29, 1.82) is 5.26 Å². The van der Waals surface area contributed by atoms with Crippen molar-refractivity contribution in [2.24, 2.45) is 15.7 Å². The maximum atomic E-state index is 10.2. The first-order chi connectivity index (χ1) is 21.4. The summed E-state index contributed by atoms with van der Waals surface area (Å²) >= 11 is 0. The molecule has 0 radical (unpaired) electrons. The topological polar surface area (TPSA) is 106 Å². The Balaban J connectivity index is 1.36. The Morgan fingerprint density at radius 1 is 1.11 bits per heavy atom. The van der Waals surface area contributed by atoms with Gasteiger partial charge in [0.05, 0.1) is 16.9 Å². The Bertz CT molecular complexity index is 1360. The zero-order chi connectivity index (χ0) is 31.1. The lowest BCUT2D eigenvalue weighted by molar-refractivity contribution is 0.0803. The van der Waals surface area contributed by atoms with Gasteiger partial charge in [0.25, 0.3) is 0 Å². The number of nitrogens with two attached hydrogens (primary N) is 1. The molecule has 9 nitrogen and oxygen atoms in total. The van der Waals surface area contributed by atoms with Crippen LogP contribution >= 0.6 is 0 Å². The molecule has 4 heterocycles. The summed E-state index contributed by atoms with van der Waals surface area (Å²) in [5.74, 6) is 0.415. The fourth-order valence-electron chi connectivity index (χ4n) is 6.81. The van der Waals surface area contributed by atoms with Crippen LogP contribution in [0.4, 0.5) is 5.69 Å². The van der Waals surface area contributed by atoms with Gasteiger partial charge in [0.1, 0.15) is 17.6 Å². The van der Waals surface area contributed by atoms with Gasteiger partial charge in [-0.05, 0) is 70.2 Å². The van der Waals surface area contributed by atoms with Crippen LogP contribution in [-0.4, -0.2) is 93.0 Å². The average Bonchev–Trinajstić information content (AvgIpc) is 3.05. The number of hydrogen-bond donors (Lipinski definition) is 2. The molecule has 0 bridgehead atoms. The van der Waals surface area contributed by atoms with Crippen molar-refractivity contribution in [2.75, 3.05) is 64.4 Å². The number of anilines is 1. The van der Waals surface area contributed by atoms with Crippen molar-refractivity contribution in [3.05, 3.63) is 58.6 Å². The van der Waals surface area contributed by atoms with Gasteiger partial charge >= 0.3 is 0 Å². The zero-order valence-electron chi connectivity index (χ0n) is 27.1. The van der Waals surface area contributed by atoms with E-state index in [1.165, 1.54) is 0 Å². The third-order valence-corrected chi connectivity index (χ3v) is 9.47. The molecule has 4 aliphatic heterocycles. The van der Waals surface area contributed by atoms with Gasteiger partial charge in [0.2, 0.25) is 0 Å². The average molecular weight is 599 g/mol. The van der Waals surface area contributed by atoms with Gasteiger partial charge in [-0.15, -0.1) is 0 Å². The molecule has 0 saturated carbocycles. The van der Waals surface area contributed by atoms with Gasteiger partial charge < -0.3 is 25.6 Å². The Hall–Kier alpha value is -3.45. The SMILES string of the molecule is CC\C=C1/C(c2ccc(N3CCC(N4CCN(C)CC4)CC3)c(C#N)c2)=CN=C(N)/C1=N/C(CC)=C(\C)NC1CCOCC1. The molecule has 0 spiro atoms. The molecule has 0 amide bonds. The minimum atomic E-state index is 0.393. The molecule has 0 unspecified atom stereocenters. The van der Waals surface area contributed by atoms with Crippen LogP contribution in [0.15, 0.2) is 57.4 Å². The summed E-state index contributed by atoms with van der Waals surface area (Å²) in [6.45, 7) is 14.5. The van der Waals surface area contributed by atoms with E-state index >= 15 is 0 Å². The smallest absolute Gasteiger partial charge is 0.149 e. The van der Waals surface area contributed by atoms with Crippen LogP contribution in [0.1, 0.15) is 70.4 Å². The summed E-state index contributed by atoms with van der Waals surface area (Å²) in [6, 6.07) is 9.78. The fraction of sp³-hybridized carbons (Fsp3) is 0.571. The van der Waals surface area contributed by atoms with Crippen molar-refractivity contribution in [3.63, 3.8) is 0 Å². The molecule has 0 atom stereocenters. The number of likely N-dealkylation sites (N-methyl/N-ethyl adjacent to an activating group) is 1. The van der Waals surface area contributed by atoms with Crippen molar-refractivity contribution >= 4 is 22.8 Å². The summed E-state index contributed by atoms with van der Waals surface area (Å²) in [5, 5.41) is 13.9. The maximum absolute atomic E-state index is 10.2. The molecule has 5 rings (SSSR count). The molecule has 0 aliphatic carbocycles. The quantitative estimate of drug-likeness (QED) is 0.448. The Morgan fingerprint density at radius 3 is 2.50 bits per heavy atom. The zero-order valence-corrected chi connectivity index (χ0v) is 27.1. The van der Waals surface area contributed by atoms with Crippen molar-refractivity contribution in [3.8, 4) is 6.07 Å². The van der Waals surface area contributed by atoms with Gasteiger partial charge in [0.15, 0.2) is 0 Å². The van der Waals surface area contributed by atoms with E-state index in [1.54, 1.807) is 0 Å². The van der Waals surface area contributed by atoms with Gasteiger partial charge in [-0.25, -0.2) is 9.98 Å². The molecule has 3 saturated heterocycles. The van der Waals surface area contributed by atoms with Gasteiger partial charge in [-0.2, -0.15) is 5.26 Å². The number of ether oxygens (including phenoxy) is 1. The summed E-state index contributed by atoms with van der Waals surface area (Å²) in [4.78, 5) is 17.2.